The first-order valence-electron chi connectivity index (χ1n) is 10.8. The monoisotopic (exact) mass is 474 g/mol. The van der Waals surface area contributed by atoms with Gasteiger partial charge < -0.3 is 9.80 Å². The van der Waals surface area contributed by atoms with Gasteiger partial charge in [-0.1, -0.05) is 39.0 Å². The van der Waals surface area contributed by atoms with Gasteiger partial charge in [0, 0.05) is 57.0 Å². The summed E-state index contributed by atoms with van der Waals surface area (Å²) in [7, 11) is -3.69. The van der Waals surface area contributed by atoms with Gasteiger partial charge in [-0.25, -0.2) is 13.1 Å². The predicted molar refractivity (Wildman–Crippen MR) is 127 cm³/mol. The summed E-state index contributed by atoms with van der Waals surface area (Å²) in [6.07, 6.45) is 0.0656. The summed E-state index contributed by atoms with van der Waals surface area (Å²) in [5.74, 6) is -0.125. The van der Waals surface area contributed by atoms with Crippen molar-refractivity contribution in [1.82, 2.24) is 9.62 Å². The molecule has 1 N–H and O–H groups in total. The molecule has 33 heavy (non-hydrogen) atoms. The minimum atomic E-state index is -3.69. The molecule has 1 heterocycles. The number of benzene rings is 2. The van der Waals surface area contributed by atoms with Crippen LogP contribution in [-0.4, -0.2) is 56.9 Å². The average Bonchev–Trinajstić information content (AvgIpc) is 2.78. The number of nitrogens with one attached hydrogen (secondary N) is 1. The molecule has 1 aliphatic heterocycles. The Labute approximate surface area is 194 Å². The lowest BCUT2D eigenvalue weighted by molar-refractivity contribution is -0.384. The minimum absolute atomic E-state index is 0.0211. The zero-order valence-electron chi connectivity index (χ0n) is 19.2. The fourth-order valence-electron chi connectivity index (χ4n) is 3.69. The standard InChI is InChI=1S/C23H30N4O5S/c1-23(2,3)18-7-9-21(10-8-18)33(31,32)24-12-11-22(28)26-15-13-25(14-16-26)19-5-4-6-20(17-19)27(29)30/h4-10,17,24H,11-16H2,1-3H3. The lowest BCUT2D eigenvalue weighted by atomic mass is 9.87. The molecular formula is C23H30N4O5S. The van der Waals surface area contributed by atoms with Crippen LogP contribution in [0.3, 0.4) is 0 Å². The van der Waals surface area contributed by atoms with Crippen molar-refractivity contribution in [3.63, 3.8) is 0 Å². The number of hydrogen-bond donors (Lipinski definition) is 1. The second kappa shape index (κ2) is 9.88. The Morgan fingerprint density at radius 2 is 1.70 bits per heavy atom. The first kappa shape index (κ1) is 24.7. The molecule has 0 radical (unpaired) electrons. The molecule has 2 aromatic carbocycles. The lowest BCUT2D eigenvalue weighted by Crippen LogP contribution is -2.49. The number of non-ortho nitro benzene ring substituents is 1. The Kier molecular flexibility index (Phi) is 7.38. The fraction of sp³-hybridized carbons (Fsp3) is 0.435. The van der Waals surface area contributed by atoms with E-state index in [0.717, 1.165) is 11.3 Å². The number of rotatable bonds is 7. The molecule has 0 bridgehead atoms. The average molecular weight is 475 g/mol. The molecule has 178 valence electrons. The number of piperazine rings is 1. The molecule has 1 saturated heterocycles. The number of anilines is 1. The van der Waals surface area contributed by atoms with Crippen LogP contribution >= 0.6 is 0 Å². The molecule has 0 unspecified atom stereocenters. The Morgan fingerprint density at radius 1 is 1.06 bits per heavy atom. The molecule has 0 aromatic heterocycles. The highest BCUT2D eigenvalue weighted by atomic mass is 32.2. The van der Waals surface area contributed by atoms with Gasteiger partial charge in [0.1, 0.15) is 0 Å². The Hall–Kier alpha value is -2.98. The molecule has 0 aliphatic carbocycles. The van der Waals surface area contributed by atoms with Crippen LogP contribution in [-0.2, 0) is 20.2 Å². The van der Waals surface area contributed by atoms with Crippen molar-refractivity contribution in [3.05, 3.63) is 64.2 Å². The number of amides is 1. The van der Waals surface area contributed by atoms with E-state index in [1.54, 1.807) is 35.2 Å². The van der Waals surface area contributed by atoms with E-state index in [1.807, 2.05) is 11.0 Å². The Bertz CT molecular complexity index is 1100. The smallest absolute Gasteiger partial charge is 0.271 e. The number of nitrogens with zero attached hydrogens (tertiary/aromatic N) is 3. The largest absolute Gasteiger partial charge is 0.368 e. The molecule has 0 saturated carbocycles. The molecule has 3 rings (SSSR count). The number of hydrogen-bond acceptors (Lipinski definition) is 6. The summed E-state index contributed by atoms with van der Waals surface area (Å²) < 4.78 is 27.6. The van der Waals surface area contributed by atoms with Gasteiger partial charge in [-0.15, -0.1) is 0 Å². The third kappa shape index (κ3) is 6.29. The van der Waals surface area contributed by atoms with Crippen LogP contribution in [0.1, 0.15) is 32.8 Å². The maximum absolute atomic E-state index is 12.5. The first-order chi connectivity index (χ1) is 15.5. The van der Waals surface area contributed by atoms with E-state index < -0.39 is 14.9 Å². The lowest BCUT2D eigenvalue weighted by Gasteiger charge is -2.36. The normalized spacial score (nSPS) is 14.9. The van der Waals surface area contributed by atoms with Gasteiger partial charge in [-0.05, 0) is 29.2 Å². The highest BCUT2D eigenvalue weighted by Gasteiger charge is 2.23. The molecule has 1 fully saturated rings. The molecule has 10 heteroatoms. The highest BCUT2D eigenvalue weighted by Crippen LogP contribution is 2.24. The van der Waals surface area contributed by atoms with Crippen molar-refractivity contribution in [2.45, 2.75) is 37.5 Å². The van der Waals surface area contributed by atoms with Crippen molar-refractivity contribution in [2.75, 3.05) is 37.6 Å². The van der Waals surface area contributed by atoms with E-state index in [-0.39, 0.29) is 34.9 Å². The van der Waals surface area contributed by atoms with Gasteiger partial charge in [0.05, 0.1) is 9.82 Å². The van der Waals surface area contributed by atoms with Crippen molar-refractivity contribution in [2.24, 2.45) is 0 Å². The van der Waals surface area contributed by atoms with Crippen molar-refractivity contribution in [3.8, 4) is 0 Å². The van der Waals surface area contributed by atoms with Crippen molar-refractivity contribution < 1.29 is 18.1 Å². The van der Waals surface area contributed by atoms with Crippen LogP contribution in [0, 0.1) is 10.1 Å². The summed E-state index contributed by atoms with van der Waals surface area (Å²) in [6.45, 7) is 8.26. The van der Waals surface area contributed by atoms with Crippen LogP contribution in [0.2, 0.25) is 0 Å². The van der Waals surface area contributed by atoms with E-state index >= 15 is 0 Å². The SMILES string of the molecule is CC(C)(C)c1ccc(S(=O)(=O)NCCC(=O)N2CCN(c3cccc([N+](=O)[O-])c3)CC2)cc1. The third-order valence-electron chi connectivity index (χ3n) is 5.70. The van der Waals surface area contributed by atoms with Gasteiger partial charge in [0.2, 0.25) is 15.9 Å². The van der Waals surface area contributed by atoms with Crippen LogP contribution in [0.4, 0.5) is 11.4 Å². The van der Waals surface area contributed by atoms with Crippen molar-refractivity contribution in [1.29, 1.82) is 0 Å². The van der Waals surface area contributed by atoms with E-state index in [9.17, 15) is 23.3 Å². The number of carbonyl (C=O) groups is 1. The van der Waals surface area contributed by atoms with Gasteiger partial charge in [0.25, 0.3) is 5.69 Å². The van der Waals surface area contributed by atoms with Crippen LogP contribution in [0.25, 0.3) is 0 Å². The van der Waals surface area contributed by atoms with E-state index in [0.29, 0.717) is 26.2 Å². The fourth-order valence-corrected chi connectivity index (χ4v) is 4.72. The Morgan fingerprint density at radius 3 is 2.27 bits per heavy atom. The van der Waals surface area contributed by atoms with Gasteiger partial charge in [-0.3, -0.25) is 14.9 Å². The number of nitro benzene ring substituents is 1. The maximum atomic E-state index is 12.5. The van der Waals surface area contributed by atoms with Gasteiger partial charge in [0.15, 0.2) is 0 Å². The topological polar surface area (TPSA) is 113 Å². The minimum Gasteiger partial charge on any atom is -0.368 e. The van der Waals surface area contributed by atoms with E-state index in [4.69, 9.17) is 0 Å². The number of carbonyl (C=O) groups excluding carboxylic acids is 1. The van der Waals surface area contributed by atoms with Crippen LogP contribution in [0.5, 0.6) is 0 Å². The summed E-state index contributed by atoms with van der Waals surface area (Å²) in [4.78, 5) is 27.0. The molecule has 0 spiro atoms. The summed E-state index contributed by atoms with van der Waals surface area (Å²) in [5, 5.41) is 11.0. The predicted octanol–water partition coefficient (Wildman–Crippen LogP) is 2.91. The maximum Gasteiger partial charge on any atom is 0.271 e. The zero-order valence-corrected chi connectivity index (χ0v) is 20.0. The second-order valence-corrected chi connectivity index (χ2v) is 10.8. The zero-order chi connectivity index (χ0) is 24.2. The molecular weight excluding hydrogens is 444 g/mol. The van der Waals surface area contributed by atoms with E-state index in [1.165, 1.54) is 12.1 Å². The molecule has 9 nitrogen and oxygen atoms in total. The number of sulfonamides is 1. The first-order valence-corrected chi connectivity index (χ1v) is 12.3. The Balaban J connectivity index is 1.49. The molecule has 2 aromatic rings. The molecule has 1 aliphatic rings. The quantitative estimate of drug-likeness (QED) is 0.488. The summed E-state index contributed by atoms with van der Waals surface area (Å²) >= 11 is 0. The van der Waals surface area contributed by atoms with Crippen LogP contribution < -0.4 is 9.62 Å². The summed E-state index contributed by atoms with van der Waals surface area (Å²) in [6, 6.07) is 13.2. The van der Waals surface area contributed by atoms with Crippen molar-refractivity contribution >= 4 is 27.3 Å². The molecule has 0 atom stereocenters. The molecule has 1 amide bonds. The van der Waals surface area contributed by atoms with Crippen LogP contribution in [0.15, 0.2) is 53.4 Å². The third-order valence-corrected chi connectivity index (χ3v) is 7.18. The van der Waals surface area contributed by atoms with Gasteiger partial charge >= 0.3 is 0 Å². The number of nitro groups is 1. The summed E-state index contributed by atoms with van der Waals surface area (Å²) in [5.41, 5.74) is 1.76. The van der Waals surface area contributed by atoms with E-state index in [2.05, 4.69) is 25.5 Å². The second-order valence-electron chi connectivity index (χ2n) is 9.07. The highest BCUT2D eigenvalue weighted by molar-refractivity contribution is 7.89. The van der Waals surface area contributed by atoms with Gasteiger partial charge in [-0.2, -0.15) is 0 Å².